The molecular formula is C18H23NO3. The summed E-state index contributed by atoms with van der Waals surface area (Å²) in [5.41, 5.74) is 1.34. The molecule has 4 fully saturated rings. The van der Waals surface area contributed by atoms with Crippen molar-refractivity contribution in [2.75, 3.05) is 5.32 Å². The number of nitrogens with one attached hydrogen (secondary N) is 1. The van der Waals surface area contributed by atoms with Crippen LogP contribution in [0.25, 0.3) is 0 Å². The van der Waals surface area contributed by atoms with E-state index in [0.717, 1.165) is 42.6 Å². The molecule has 4 bridgehead atoms. The molecule has 22 heavy (non-hydrogen) atoms. The first-order valence-corrected chi connectivity index (χ1v) is 8.34. The minimum atomic E-state index is -0.335. The molecule has 0 saturated heterocycles. The summed E-state index contributed by atoms with van der Waals surface area (Å²) < 4.78 is 5.91. The maximum Gasteiger partial charge on any atom is 0.412 e. The number of rotatable bonds is 3. The molecule has 0 aromatic heterocycles. The van der Waals surface area contributed by atoms with Crippen molar-refractivity contribution in [1.29, 1.82) is 0 Å². The standard InChI is InChI=1S/C18H23NO3/c20-11-12-1-3-16(4-2-12)19-17(21)22-18-8-13-5-14(9-18)7-15(6-13)10-18/h1-4,13-15,20H,5-11H2,(H,19,21). The Kier molecular flexibility index (Phi) is 3.37. The highest BCUT2D eigenvalue weighted by Crippen LogP contribution is 2.57. The highest BCUT2D eigenvalue weighted by atomic mass is 16.6. The summed E-state index contributed by atoms with van der Waals surface area (Å²) in [7, 11) is 0. The molecule has 0 aliphatic heterocycles. The van der Waals surface area contributed by atoms with Gasteiger partial charge in [-0.1, -0.05) is 12.1 Å². The van der Waals surface area contributed by atoms with E-state index >= 15 is 0 Å². The highest BCUT2D eigenvalue weighted by Gasteiger charge is 2.53. The Morgan fingerprint density at radius 1 is 1.09 bits per heavy atom. The molecule has 1 amide bonds. The van der Waals surface area contributed by atoms with Crippen LogP contribution in [0.3, 0.4) is 0 Å². The molecular weight excluding hydrogens is 278 g/mol. The summed E-state index contributed by atoms with van der Waals surface area (Å²) in [6.07, 6.45) is 6.84. The van der Waals surface area contributed by atoms with Gasteiger partial charge in [0.2, 0.25) is 0 Å². The maximum atomic E-state index is 12.3. The van der Waals surface area contributed by atoms with E-state index in [-0.39, 0.29) is 18.3 Å². The average Bonchev–Trinajstić information content (AvgIpc) is 2.45. The Balaban J connectivity index is 1.41. The van der Waals surface area contributed by atoms with Crippen molar-refractivity contribution < 1.29 is 14.6 Å². The van der Waals surface area contributed by atoms with Gasteiger partial charge < -0.3 is 9.84 Å². The fourth-order valence-electron chi connectivity index (χ4n) is 5.19. The lowest BCUT2D eigenvalue weighted by Crippen LogP contribution is -2.53. The van der Waals surface area contributed by atoms with Gasteiger partial charge in [-0.2, -0.15) is 0 Å². The Bertz CT molecular complexity index is 531. The second kappa shape index (κ2) is 5.27. The van der Waals surface area contributed by atoms with Crippen molar-refractivity contribution in [3.63, 3.8) is 0 Å². The summed E-state index contributed by atoms with van der Waals surface area (Å²) >= 11 is 0. The van der Waals surface area contributed by atoms with Crippen LogP contribution in [0.5, 0.6) is 0 Å². The number of aliphatic hydroxyl groups excluding tert-OH is 1. The van der Waals surface area contributed by atoms with Crippen LogP contribution in [0.1, 0.15) is 44.1 Å². The molecule has 4 heteroatoms. The number of carbonyl (C=O) groups excluding carboxylic acids is 1. The number of ether oxygens (including phenoxy) is 1. The predicted molar refractivity (Wildman–Crippen MR) is 83.4 cm³/mol. The quantitative estimate of drug-likeness (QED) is 0.895. The molecule has 1 aromatic carbocycles. The maximum absolute atomic E-state index is 12.3. The minimum absolute atomic E-state index is 0.0119. The van der Waals surface area contributed by atoms with Crippen LogP contribution in [0.4, 0.5) is 10.5 Å². The largest absolute Gasteiger partial charge is 0.443 e. The van der Waals surface area contributed by atoms with E-state index in [1.807, 2.05) is 0 Å². The van der Waals surface area contributed by atoms with Gasteiger partial charge in [-0.05, 0) is 74.0 Å². The Morgan fingerprint density at radius 3 is 2.14 bits per heavy atom. The smallest absolute Gasteiger partial charge is 0.412 e. The number of amides is 1. The first-order chi connectivity index (χ1) is 10.6. The number of benzene rings is 1. The zero-order valence-corrected chi connectivity index (χ0v) is 12.8. The van der Waals surface area contributed by atoms with Crippen LogP contribution >= 0.6 is 0 Å². The molecule has 0 atom stereocenters. The minimum Gasteiger partial charge on any atom is -0.443 e. The van der Waals surface area contributed by atoms with E-state index in [4.69, 9.17) is 9.84 Å². The molecule has 2 N–H and O–H groups in total. The van der Waals surface area contributed by atoms with E-state index in [2.05, 4.69) is 5.32 Å². The molecule has 0 heterocycles. The van der Waals surface area contributed by atoms with Crippen molar-refractivity contribution in [1.82, 2.24) is 0 Å². The van der Waals surface area contributed by atoms with Crippen LogP contribution in [-0.4, -0.2) is 16.8 Å². The monoisotopic (exact) mass is 301 g/mol. The van der Waals surface area contributed by atoms with Crippen LogP contribution in [0.2, 0.25) is 0 Å². The first kappa shape index (κ1) is 14.1. The van der Waals surface area contributed by atoms with E-state index < -0.39 is 0 Å². The molecule has 1 aromatic rings. The van der Waals surface area contributed by atoms with Crippen LogP contribution < -0.4 is 5.32 Å². The SMILES string of the molecule is O=C(Nc1ccc(CO)cc1)OC12CC3CC(CC(C3)C1)C2. The lowest BCUT2D eigenvalue weighted by Gasteiger charge is -2.55. The first-order valence-electron chi connectivity index (χ1n) is 8.34. The molecule has 4 saturated carbocycles. The van der Waals surface area contributed by atoms with Crippen molar-refractivity contribution in [3.8, 4) is 0 Å². The van der Waals surface area contributed by atoms with Gasteiger partial charge in [0.05, 0.1) is 6.61 Å². The zero-order valence-electron chi connectivity index (χ0n) is 12.8. The lowest BCUT2D eigenvalue weighted by molar-refractivity contribution is -0.124. The predicted octanol–water partition coefficient (Wildman–Crippen LogP) is 3.70. The van der Waals surface area contributed by atoms with Crippen LogP contribution in [0, 0.1) is 17.8 Å². The van der Waals surface area contributed by atoms with E-state index in [1.54, 1.807) is 24.3 Å². The van der Waals surface area contributed by atoms with E-state index in [1.165, 1.54) is 19.3 Å². The van der Waals surface area contributed by atoms with Gasteiger partial charge in [0.25, 0.3) is 0 Å². The molecule has 0 unspecified atom stereocenters. The van der Waals surface area contributed by atoms with Gasteiger partial charge in [-0.25, -0.2) is 4.79 Å². The number of carbonyl (C=O) groups is 1. The van der Waals surface area contributed by atoms with Crippen LogP contribution in [-0.2, 0) is 11.3 Å². The van der Waals surface area contributed by atoms with Crippen LogP contribution in [0.15, 0.2) is 24.3 Å². The van der Waals surface area contributed by atoms with Gasteiger partial charge in [-0.15, -0.1) is 0 Å². The normalized spacial score (nSPS) is 35.4. The van der Waals surface area contributed by atoms with Gasteiger partial charge in [-0.3, -0.25) is 5.32 Å². The summed E-state index contributed by atoms with van der Waals surface area (Å²) in [6.45, 7) is 0.0119. The third kappa shape index (κ3) is 2.60. The van der Waals surface area contributed by atoms with Crippen molar-refractivity contribution in [2.24, 2.45) is 17.8 Å². The number of anilines is 1. The molecule has 5 rings (SSSR count). The van der Waals surface area contributed by atoms with Gasteiger partial charge in [0.15, 0.2) is 0 Å². The fraction of sp³-hybridized carbons (Fsp3) is 0.611. The van der Waals surface area contributed by atoms with E-state index in [9.17, 15) is 4.79 Å². The Hall–Kier alpha value is -1.55. The molecule has 4 aliphatic carbocycles. The Labute approximate surface area is 130 Å². The molecule has 0 radical (unpaired) electrons. The second-order valence-corrected chi connectivity index (χ2v) is 7.47. The molecule has 0 spiro atoms. The molecule has 118 valence electrons. The zero-order chi connectivity index (χ0) is 15.2. The summed E-state index contributed by atoms with van der Waals surface area (Å²) in [5.74, 6) is 2.30. The summed E-state index contributed by atoms with van der Waals surface area (Å²) in [6, 6.07) is 7.21. The van der Waals surface area contributed by atoms with Gasteiger partial charge in [0.1, 0.15) is 5.60 Å². The topological polar surface area (TPSA) is 58.6 Å². The van der Waals surface area contributed by atoms with Gasteiger partial charge >= 0.3 is 6.09 Å². The van der Waals surface area contributed by atoms with Crippen molar-refractivity contribution in [3.05, 3.63) is 29.8 Å². The molecule has 4 aliphatic rings. The highest BCUT2D eigenvalue weighted by molar-refractivity contribution is 5.84. The van der Waals surface area contributed by atoms with Crippen molar-refractivity contribution >= 4 is 11.8 Å². The number of hydrogen-bond donors (Lipinski definition) is 2. The van der Waals surface area contributed by atoms with Crippen molar-refractivity contribution in [2.45, 2.75) is 50.7 Å². The number of hydrogen-bond acceptors (Lipinski definition) is 3. The van der Waals surface area contributed by atoms with Gasteiger partial charge in [0, 0.05) is 5.69 Å². The third-order valence-corrected chi connectivity index (χ3v) is 5.67. The average molecular weight is 301 g/mol. The third-order valence-electron chi connectivity index (χ3n) is 5.67. The van der Waals surface area contributed by atoms with E-state index in [0.29, 0.717) is 5.69 Å². The number of aliphatic hydroxyl groups is 1. The Morgan fingerprint density at radius 2 is 1.64 bits per heavy atom. The summed E-state index contributed by atoms with van der Waals surface area (Å²) in [4.78, 5) is 12.3. The summed E-state index contributed by atoms with van der Waals surface area (Å²) in [5, 5.41) is 11.9. The fourth-order valence-corrected chi connectivity index (χ4v) is 5.19. The lowest BCUT2D eigenvalue weighted by atomic mass is 9.54. The molecule has 4 nitrogen and oxygen atoms in total. The second-order valence-electron chi connectivity index (χ2n) is 7.47.